The van der Waals surface area contributed by atoms with Crippen LogP contribution in [0.25, 0.3) is 5.69 Å². The van der Waals surface area contributed by atoms with Crippen molar-refractivity contribution >= 4 is 11.6 Å². The Morgan fingerprint density at radius 1 is 1.40 bits per heavy atom. The van der Waals surface area contributed by atoms with Crippen molar-refractivity contribution in [2.45, 2.75) is 13.8 Å². The summed E-state index contributed by atoms with van der Waals surface area (Å²) in [7, 11) is 0. The number of aromatic nitrogens is 4. The van der Waals surface area contributed by atoms with E-state index >= 15 is 0 Å². The highest BCUT2D eigenvalue weighted by Crippen LogP contribution is 2.11. The van der Waals surface area contributed by atoms with Crippen molar-refractivity contribution in [1.82, 2.24) is 20.2 Å². The van der Waals surface area contributed by atoms with Gasteiger partial charge >= 0.3 is 5.69 Å². The van der Waals surface area contributed by atoms with Crippen LogP contribution in [0.5, 0.6) is 0 Å². The van der Waals surface area contributed by atoms with E-state index in [1.54, 1.807) is 24.3 Å². The number of H-pyrrole nitrogens is 1. The van der Waals surface area contributed by atoms with Gasteiger partial charge in [0.1, 0.15) is 0 Å². The fourth-order valence-electron chi connectivity index (χ4n) is 0.975. The number of rotatable bonds is 1. The molecule has 0 radical (unpaired) electrons. The Bertz CT molecular complexity index is 477. The molecule has 1 aromatic heterocycles. The highest BCUT2D eigenvalue weighted by Gasteiger charge is 2.01. The molecule has 5 nitrogen and oxygen atoms in total. The van der Waals surface area contributed by atoms with Crippen LogP contribution in [0.4, 0.5) is 0 Å². The Hall–Kier alpha value is -1.62. The van der Waals surface area contributed by atoms with Crippen LogP contribution < -0.4 is 5.69 Å². The van der Waals surface area contributed by atoms with Gasteiger partial charge in [-0.15, -0.1) is 0 Å². The monoisotopic (exact) mass is 226 g/mol. The summed E-state index contributed by atoms with van der Waals surface area (Å²) in [6.07, 6.45) is 0. The third-order valence-electron chi connectivity index (χ3n) is 1.52. The molecule has 0 aliphatic carbocycles. The van der Waals surface area contributed by atoms with Gasteiger partial charge in [0, 0.05) is 5.02 Å². The van der Waals surface area contributed by atoms with E-state index in [2.05, 4.69) is 15.5 Å². The fraction of sp³-hybridized carbons (Fsp3) is 0.222. The number of tetrazole rings is 1. The molecular formula is C9H11ClN4O. The Morgan fingerprint density at radius 2 is 2.13 bits per heavy atom. The van der Waals surface area contributed by atoms with Crippen molar-refractivity contribution in [3.63, 3.8) is 0 Å². The molecule has 1 aromatic carbocycles. The predicted octanol–water partition coefficient (Wildman–Crippen LogP) is 1.64. The number of benzene rings is 1. The van der Waals surface area contributed by atoms with Gasteiger partial charge in [-0.25, -0.2) is 9.89 Å². The van der Waals surface area contributed by atoms with Crippen LogP contribution in [-0.2, 0) is 0 Å². The number of aromatic amines is 1. The van der Waals surface area contributed by atoms with Crippen LogP contribution in [0.3, 0.4) is 0 Å². The zero-order valence-corrected chi connectivity index (χ0v) is 9.19. The highest BCUT2D eigenvalue weighted by molar-refractivity contribution is 6.30. The van der Waals surface area contributed by atoms with Crippen LogP contribution in [-0.4, -0.2) is 20.2 Å². The molecule has 2 rings (SSSR count). The summed E-state index contributed by atoms with van der Waals surface area (Å²) in [5.74, 6) is 0. The minimum absolute atomic E-state index is 0.387. The first kappa shape index (κ1) is 11.5. The average molecular weight is 227 g/mol. The molecule has 1 N–H and O–H groups in total. The molecule has 0 atom stereocenters. The van der Waals surface area contributed by atoms with Crippen LogP contribution in [0, 0.1) is 0 Å². The first-order valence-electron chi connectivity index (χ1n) is 4.54. The molecule has 0 unspecified atom stereocenters. The minimum Gasteiger partial charge on any atom is -0.244 e. The van der Waals surface area contributed by atoms with Gasteiger partial charge in [-0.1, -0.05) is 31.5 Å². The van der Waals surface area contributed by atoms with Gasteiger partial charge < -0.3 is 0 Å². The standard InChI is InChI=1S/C7H5ClN4O.C2H6/c8-5-2-1-3-6(4-5)12-7(13)9-10-11-12;1-2/h1-4H,(H,9,11,13);1-2H3. The molecule has 0 fully saturated rings. The lowest BCUT2D eigenvalue weighted by Gasteiger charge is -1.96. The van der Waals surface area contributed by atoms with Gasteiger partial charge in [0.05, 0.1) is 5.69 Å². The molecule has 0 saturated carbocycles. The quantitative estimate of drug-likeness (QED) is 0.804. The molecule has 0 aliphatic heterocycles. The fourth-order valence-corrected chi connectivity index (χ4v) is 1.16. The highest BCUT2D eigenvalue weighted by atomic mass is 35.5. The zero-order chi connectivity index (χ0) is 11.3. The molecule has 80 valence electrons. The lowest BCUT2D eigenvalue weighted by molar-refractivity contribution is 0.780. The number of nitrogens with one attached hydrogen (secondary N) is 1. The van der Waals surface area contributed by atoms with Crippen molar-refractivity contribution in [3.8, 4) is 5.69 Å². The Labute approximate surface area is 91.7 Å². The maximum absolute atomic E-state index is 11.1. The summed E-state index contributed by atoms with van der Waals surface area (Å²) in [6.45, 7) is 4.00. The molecule has 15 heavy (non-hydrogen) atoms. The van der Waals surface area contributed by atoms with E-state index < -0.39 is 0 Å². The summed E-state index contributed by atoms with van der Waals surface area (Å²) in [5, 5.41) is 9.67. The maximum Gasteiger partial charge on any atom is 0.365 e. The molecular weight excluding hydrogens is 216 g/mol. The van der Waals surface area contributed by atoms with Crippen LogP contribution in [0.15, 0.2) is 29.1 Å². The summed E-state index contributed by atoms with van der Waals surface area (Å²) in [6, 6.07) is 6.80. The molecule has 0 aliphatic rings. The van der Waals surface area contributed by atoms with E-state index in [0.717, 1.165) is 4.68 Å². The summed E-state index contributed by atoms with van der Waals surface area (Å²) >= 11 is 5.74. The topological polar surface area (TPSA) is 63.6 Å². The third-order valence-corrected chi connectivity index (χ3v) is 1.76. The second-order valence-electron chi connectivity index (χ2n) is 2.40. The van der Waals surface area contributed by atoms with Gasteiger partial charge in [-0.05, 0) is 28.6 Å². The Morgan fingerprint density at radius 3 is 2.67 bits per heavy atom. The minimum atomic E-state index is -0.387. The predicted molar refractivity (Wildman–Crippen MR) is 58.3 cm³/mol. The number of nitrogens with zero attached hydrogens (tertiary/aromatic N) is 3. The van der Waals surface area contributed by atoms with Crippen molar-refractivity contribution in [3.05, 3.63) is 39.8 Å². The van der Waals surface area contributed by atoms with Crippen molar-refractivity contribution in [2.24, 2.45) is 0 Å². The maximum atomic E-state index is 11.1. The van der Waals surface area contributed by atoms with Gasteiger partial charge in [-0.3, -0.25) is 0 Å². The third kappa shape index (κ3) is 2.66. The zero-order valence-electron chi connectivity index (χ0n) is 8.44. The normalized spacial score (nSPS) is 9.27. The lowest BCUT2D eigenvalue weighted by atomic mass is 10.3. The summed E-state index contributed by atoms with van der Waals surface area (Å²) in [5.41, 5.74) is 0.202. The first-order chi connectivity index (χ1) is 7.27. The molecule has 0 saturated heterocycles. The van der Waals surface area contributed by atoms with Crippen LogP contribution in [0.2, 0.25) is 5.02 Å². The van der Waals surface area contributed by atoms with Crippen molar-refractivity contribution in [1.29, 1.82) is 0 Å². The van der Waals surface area contributed by atoms with Gasteiger partial charge in [-0.2, -0.15) is 4.68 Å². The van der Waals surface area contributed by atoms with Crippen molar-refractivity contribution < 1.29 is 0 Å². The molecule has 6 heteroatoms. The van der Waals surface area contributed by atoms with Gasteiger partial charge in [0.15, 0.2) is 0 Å². The molecule has 0 amide bonds. The largest absolute Gasteiger partial charge is 0.365 e. The number of hydrogen-bond donors (Lipinski definition) is 1. The number of halogens is 1. The second-order valence-corrected chi connectivity index (χ2v) is 2.83. The molecule has 1 heterocycles. The first-order valence-corrected chi connectivity index (χ1v) is 4.91. The van der Waals surface area contributed by atoms with E-state index in [9.17, 15) is 4.79 Å². The van der Waals surface area contributed by atoms with E-state index in [-0.39, 0.29) is 5.69 Å². The lowest BCUT2D eigenvalue weighted by Crippen LogP contribution is -2.15. The van der Waals surface area contributed by atoms with Crippen LogP contribution >= 0.6 is 11.6 Å². The smallest absolute Gasteiger partial charge is 0.244 e. The average Bonchev–Trinajstić information content (AvgIpc) is 2.67. The van der Waals surface area contributed by atoms with Gasteiger partial charge in [0.2, 0.25) is 0 Å². The Balaban J connectivity index is 0.000000531. The molecule has 0 bridgehead atoms. The molecule has 2 aromatic rings. The van der Waals surface area contributed by atoms with E-state index in [4.69, 9.17) is 11.6 Å². The Kier molecular flexibility index (Phi) is 4.05. The van der Waals surface area contributed by atoms with Crippen LogP contribution in [0.1, 0.15) is 13.8 Å². The second kappa shape index (κ2) is 5.31. The number of hydrogen-bond acceptors (Lipinski definition) is 3. The summed E-state index contributed by atoms with van der Waals surface area (Å²) < 4.78 is 1.13. The van der Waals surface area contributed by atoms with E-state index in [0.29, 0.717) is 10.7 Å². The van der Waals surface area contributed by atoms with E-state index in [1.807, 2.05) is 13.8 Å². The SMILES string of the molecule is CC.O=c1[nH]nnn1-c1cccc(Cl)c1. The van der Waals surface area contributed by atoms with Gasteiger partial charge in [0.25, 0.3) is 0 Å². The van der Waals surface area contributed by atoms with E-state index in [1.165, 1.54) is 0 Å². The molecule has 0 spiro atoms. The van der Waals surface area contributed by atoms with Crippen molar-refractivity contribution in [2.75, 3.05) is 0 Å². The summed E-state index contributed by atoms with van der Waals surface area (Å²) in [4.78, 5) is 11.1.